The van der Waals surface area contributed by atoms with Gasteiger partial charge in [-0.05, 0) is 43.9 Å². The van der Waals surface area contributed by atoms with E-state index in [0.717, 1.165) is 17.0 Å². The Morgan fingerprint density at radius 1 is 1.15 bits per heavy atom. The van der Waals surface area contributed by atoms with Gasteiger partial charge < -0.3 is 14.5 Å². The number of esters is 1. The number of alkyl halides is 4. The lowest BCUT2D eigenvalue weighted by atomic mass is 9.88. The van der Waals surface area contributed by atoms with Gasteiger partial charge in [0.25, 0.3) is 0 Å². The zero-order valence-electron chi connectivity index (χ0n) is 22.7. The maximum absolute atomic E-state index is 15.8. The normalized spacial score (nSPS) is 21.8. The number of methoxy groups -OCH3 is 1. The predicted octanol–water partition coefficient (Wildman–Crippen LogP) is 5.94. The van der Waals surface area contributed by atoms with Crippen LogP contribution in [-0.4, -0.2) is 79.0 Å². The monoisotopic (exact) mass is 583 g/mol. The zero-order chi connectivity index (χ0) is 29.5. The number of ether oxygens (including phenoxy) is 2. The zero-order valence-corrected chi connectivity index (χ0v) is 22.7. The second kappa shape index (κ2) is 11.6. The first-order chi connectivity index (χ1) is 19.5. The Morgan fingerprint density at radius 3 is 2.54 bits per heavy atom. The number of nitrogens with zero attached hydrogens (tertiary/aromatic N) is 2. The van der Waals surface area contributed by atoms with Crippen molar-refractivity contribution in [3.05, 3.63) is 64.4 Å². The maximum Gasteiger partial charge on any atom is 0.401 e. The molecule has 1 fully saturated rings. The van der Waals surface area contributed by atoms with Crippen molar-refractivity contribution in [1.29, 1.82) is 0 Å². The van der Waals surface area contributed by atoms with Crippen LogP contribution in [0.4, 0.5) is 26.3 Å². The molecular weight excluding hydrogens is 552 g/mol. The number of carbonyl (C=O) groups is 1. The lowest BCUT2D eigenvalue weighted by Gasteiger charge is -2.41. The van der Waals surface area contributed by atoms with Crippen molar-refractivity contribution in [3.8, 4) is 5.75 Å². The summed E-state index contributed by atoms with van der Waals surface area (Å²) >= 11 is 0. The van der Waals surface area contributed by atoms with Gasteiger partial charge in [0.1, 0.15) is 23.5 Å². The molecule has 0 bridgehead atoms. The third-order valence-electron chi connectivity index (χ3n) is 7.86. The van der Waals surface area contributed by atoms with E-state index in [0.29, 0.717) is 48.9 Å². The van der Waals surface area contributed by atoms with Crippen molar-refractivity contribution in [2.24, 2.45) is 0 Å². The summed E-state index contributed by atoms with van der Waals surface area (Å²) in [5, 5.41) is 0.649. The highest BCUT2D eigenvalue weighted by Crippen LogP contribution is 2.44. The molecule has 2 aliphatic heterocycles. The minimum Gasteiger partial charge on any atom is -0.489 e. The van der Waals surface area contributed by atoms with Gasteiger partial charge in [0, 0.05) is 60.0 Å². The van der Waals surface area contributed by atoms with Gasteiger partial charge in [-0.25, -0.2) is 13.6 Å². The minimum atomic E-state index is -4.62. The maximum atomic E-state index is 15.8. The van der Waals surface area contributed by atoms with Crippen LogP contribution in [0.5, 0.6) is 5.75 Å². The molecule has 5 rings (SSSR count). The van der Waals surface area contributed by atoms with Crippen LogP contribution in [0, 0.1) is 11.6 Å². The highest BCUT2D eigenvalue weighted by atomic mass is 19.4. The Balaban J connectivity index is 1.53. The number of hydrogen-bond acceptors (Lipinski definition) is 5. The van der Waals surface area contributed by atoms with E-state index in [1.807, 2.05) is 4.90 Å². The number of aromatic nitrogens is 1. The standard InChI is InChI=1S/C29H31F6N3O3/c1-16-10-21-20-5-4-17(28(39)40-2)11-24(20)36-26(21)27(38(16)15-29(33,34)35)25-22(31)12-19(13-23(25)32)41-18-6-9-37(14-18)8-3-7-30/h4-5,11-13,16,18,27,36H,3,6-10,14-15H2,1-2H3/t16-,18+,27-/m1/s1. The lowest BCUT2D eigenvalue weighted by Crippen LogP contribution is -2.47. The largest absolute Gasteiger partial charge is 0.489 e. The first kappa shape index (κ1) is 29.2. The molecule has 0 unspecified atom stereocenters. The summed E-state index contributed by atoms with van der Waals surface area (Å²) in [6.07, 6.45) is -3.79. The van der Waals surface area contributed by atoms with E-state index in [4.69, 9.17) is 9.47 Å². The Hall–Kier alpha value is -3.25. The summed E-state index contributed by atoms with van der Waals surface area (Å²) < 4.78 is 95.8. The van der Waals surface area contributed by atoms with Gasteiger partial charge in [0.2, 0.25) is 0 Å². The summed E-state index contributed by atoms with van der Waals surface area (Å²) in [4.78, 5) is 18.2. The number of H-pyrrole nitrogens is 1. The molecule has 0 radical (unpaired) electrons. The van der Waals surface area contributed by atoms with Gasteiger partial charge in [0.05, 0.1) is 31.9 Å². The Kier molecular flexibility index (Phi) is 8.24. The molecule has 3 atom stereocenters. The molecule has 1 saturated heterocycles. The minimum absolute atomic E-state index is 0.0630. The summed E-state index contributed by atoms with van der Waals surface area (Å²) in [5.74, 6) is -2.72. The fourth-order valence-corrected chi connectivity index (χ4v) is 6.03. The molecule has 2 aliphatic rings. The van der Waals surface area contributed by atoms with E-state index in [1.165, 1.54) is 13.2 Å². The molecule has 2 aromatic carbocycles. The number of aromatic amines is 1. The van der Waals surface area contributed by atoms with E-state index >= 15 is 8.78 Å². The number of hydrogen-bond donors (Lipinski definition) is 1. The molecule has 6 nitrogen and oxygen atoms in total. The number of rotatable bonds is 8. The van der Waals surface area contributed by atoms with Gasteiger partial charge in [-0.1, -0.05) is 6.07 Å². The third-order valence-corrected chi connectivity index (χ3v) is 7.86. The fourth-order valence-electron chi connectivity index (χ4n) is 6.03. The average molecular weight is 584 g/mol. The summed E-state index contributed by atoms with van der Waals surface area (Å²) in [7, 11) is 1.23. The van der Waals surface area contributed by atoms with Crippen LogP contribution in [-0.2, 0) is 11.2 Å². The van der Waals surface area contributed by atoms with Crippen LogP contribution in [0.2, 0.25) is 0 Å². The predicted molar refractivity (Wildman–Crippen MR) is 140 cm³/mol. The SMILES string of the molecule is COC(=O)c1ccc2c3c([nH]c2c1)[C@@H](c1c(F)cc(O[C@H]2CCN(CCCF)C2)cc1F)N(CC(F)(F)F)[C@H](C)C3. The first-order valence-electron chi connectivity index (χ1n) is 13.5. The smallest absolute Gasteiger partial charge is 0.401 e. The molecule has 3 heterocycles. The molecular formula is C29H31F6N3O3. The third kappa shape index (κ3) is 6.04. The molecule has 41 heavy (non-hydrogen) atoms. The molecule has 0 spiro atoms. The van der Waals surface area contributed by atoms with Crippen molar-refractivity contribution in [3.63, 3.8) is 0 Å². The van der Waals surface area contributed by atoms with Crippen molar-refractivity contribution in [2.75, 3.05) is 40.0 Å². The summed E-state index contributed by atoms with van der Waals surface area (Å²) in [5.41, 5.74) is 1.01. The highest BCUT2D eigenvalue weighted by Gasteiger charge is 2.44. The Bertz CT molecular complexity index is 1400. The van der Waals surface area contributed by atoms with Crippen LogP contribution in [0.25, 0.3) is 10.9 Å². The quantitative estimate of drug-likeness (QED) is 0.263. The number of nitrogens with one attached hydrogen (secondary N) is 1. The van der Waals surface area contributed by atoms with Crippen LogP contribution in [0.1, 0.15) is 53.0 Å². The van der Waals surface area contributed by atoms with Crippen molar-refractivity contribution in [2.45, 2.75) is 50.6 Å². The molecule has 3 aromatic rings. The van der Waals surface area contributed by atoms with Crippen molar-refractivity contribution >= 4 is 16.9 Å². The lowest BCUT2D eigenvalue weighted by molar-refractivity contribution is -0.155. The summed E-state index contributed by atoms with van der Waals surface area (Å²) in [6, 6.07) is 4.59. The number of fused-ring (bicyclic) bond motifs is 3. The number of halogens is 6. The molecule has 222 valence electrons. The van der Waals surface area contributed by atoms with Crippen LogP contribution in [0.15, 0.2) is 30.3 Å². The van der Waals surface area contributed by atoms with Crippen LogP contribution >= 0.6 is 0 Å². The first-order valence-corrected chi connectivity index (χ1v) is 13.5. The van der Waals surface area contributed by atoms with E-state index in [9.17, 15) is 22.4 Å². The molecule has 12 heteroatoms. The van der Waals surface area contributed by atoms with Crippen LogP contribution in [0.3, 0.4) is 0 Å². The van der Waals surface area contributed by atoms with E-state index in [-0.39, 0.29) is 29.5 Å². The van der Waals surface area contributed by atoms with Crippen molar-refractivity contribution < 1.29 is 40.6 Å². The number of likely N-dealkylation sites (tertiary alicyclic amines) is 1. The number of carbonyl (C=O) groups excluding carboxylic acids is 1. The topological polar surface area (TPSA) is 57.8 Å². The van der Waals surface area contributed by atoms with Gasteiger partial charge in [-0.15, -0.1) is 0 Å². The van der Waals surface area contributed by atoms with E-state index in [1.54, 1.807) is 19.1 Å². The van der Waals surface area contributed by atoms with Gasteiger partial charge in [-0.3, -0.25) is 14.2 Å². The van der Waals surface area contributed by atoms with Gasteiger partial charge in [0.15, 0.2) is 0 Å². The van der Waals surface area contributed by atoms with E-state index < -0.39 is 54.6 Å². The van der Waals surface area contributed by atoms with E-state index in [2.05, 4.69) is 4.98 Å². The van der Waals surface area contributed by atoms with Gasteiger partial charge >= 0.3 is 12.1 Å². The molecule has 0 aliphatic carbocycles. The Labute approximate surface area is 233 Å². The highest BCUT2D eigenvalue weighted by molar-refractivity contribution is 5.96. The van der Waals surface area contributed by atoms with Crippen LogP contribution < -0.4 is 4.74 Å². The molecule has 0 amide bonds. The molecule has 0 saturated carbocycles. The Morgan fingerprint density at radius 2 is 1.88 bits per heavy atom. The number of benzene rings is 2. The average Bonchev–Trinajstić information content (AvgIpc) is 3.51. The second-order valence-electron chi connectivity index (χ2n) is 10.7. The van der Waals surface area contributed by atoms with Gasteiger partial charge in [-0.2, -0.15) is 13.2 Å². The second-order valence-corrected chi connectivity index (χ2v) is 10.7. The fraction of sp³-hybridized carbons (Fsp3) is 0.483. The molecule has 1 aromatic heterocycles. The molecule has 1 N–H and O–H groups in total. The summed E-state index contributed by atoms with van der Waals surface area (Å²) in [6.45, 7) is 1.48. The van der Waals surface area contributed by atoms with Crippen molar-refractivity contribution in [1.82, 2.24) is 14.8 Å².